The summed E-state index contributed by atoms with van der Waals surface area (Å²) in [5, 5.41) is -0.214. The minimum absolute atomic E-state index is 0.214. The van der Waals surface area contributed by atoms with Crippen LogP contribution < -0.4 is 10.5 Å². The van der Waals surface area contributed by atoms with Crippen molar-refractivity contribution in [3.8, 4) is 0 Å². The van der Waals surface area contributed by atoms with Gasteiger partial charge in [0.2, 0.25) is 10.0 Å². The quantitative estimate of drug-likeness (QED) is 0.889. The smallest absolute Gasteiger partial charge is 0.243 e. The molecule has 3 N–H and O–H groups in total. The van der Waals surface area contributed by atoms with Gasteiger partial charge in [-0.25, -0.2) is 17.5 Å². The van der Waals surface area contributed by atoms with Crippen molar-refractivity contribution in [2.45, 2.75) is 36.2 Å². The first-order valence-corrected chi connectivity index (χ1v) is 7.50. The minimum atomic E-state index is -3.92. The van der Waals surface area contributed by atoms with E-state index in [4.69, 9.17) is 17.3 Å². The molecule has 1 saturated carbocycles. The van der Waals surface area contributed by atoms with Gasteiger partial charge in [-0.3, -0.25) is 0 Å². The number of sulfonamides is 1. The van der Waals surface area contributed by atoms with Gasteiger partial charge in [0.15, 0.2) is 5.82 Å². The minimum Gasteiger partial charge on any atom is -0.326 e. The van der Waals surface area contributed by atoms with Crippen LogP contribution in [0, 0.1) is 5.82 Å². The Balaban J connectivity index is 2.28. The summed E-state index contributed by atoms with van der Waals surface area (Å²) in [5.41, 5.74) is 5.79. The Bertz CT molecular complexity index is 550. The Hall–Kier alpha value is -0.690. The van der Waals surface area contributed by atoms with Crippen LogP contribution in [0.25, 0.3) is 0 Å². The fourth-order valence-corrected chi connectivity index (χ4v) is 3.74. The zero-order valence-electron chi connectivity index (χ0n) is 9.57. The number of rotatable bonds is 3. The van der Waals surface area contributed by atoms with E-state index in [-0.39, 0.29) is 17.1 Å². The van der Waals surface area contributed by atoms with Crippen molar-refractivity contribution in [3.05, 3.63) is 29.0 Å². The van der Waals surface area contributed by atoms with Gasteiger partial charge in [0.25, 0.3) is 0 Å². The molecule has 18 heavy (non-hydrogen) atoms. The van der Waals surface area contributed by atoms with Gasteiger partial charge in [-0.15, -0.1) is 0 Å². The zero-order chi connectivity index (χ0) is 13.3. The van der Waals surface area contributed by atoms with Gasteiger partial charge >= 0.3 is 0 Å². The monoisotopic (exact) mass is 292 g/mol. The third-order valence-corrected chi connectivity index (χ3v) is 4.88. The van der Waals surface area contributed by atoms with Gasteiger partial charge in [0, 0.05) is 12.1 Å². The number of hydrogen-bond donors (Lipinski definition) is 2. The SMILES string of the molecule is NC1CCCC1NS(=O)(=O)c1cccc(Cl)c1F. The summed E-state index contributed by atoms with van der Waals surface area (Å²) < 4.78 is 40.2. The van der Waals surface area contributed by atoms with E-state index < -0.39 is 20.7 Å². The van der Waals surface area contributed by atoms with Gasteiger partial charge in [-0.05, 0) is 25.0 Å². The number of benzene rings is 1. The van der Waals surface area contributed by atoms with Crippen LogP contribution in [-0.4, -0.2) is 20.5 Å². The van der Waals surface area contributed by atoms with Crippen molar-refractivity contribution in [2.75, 3.05) is 0 Å². The topological polar surface area (TPSA) is 72.2 Å². The molecule has 1 aliphatic rings. The molecule has 1 fully saturated rings. The first-order chi connectivity index (χ1) is 8.42. The lowest BCUT2D eigenvalue weighted by atomic mass is 10.2. The summed E-state index contributed by atoms with van der Waals surface area (Å²) in [6.45, 7) is 0. The highest BCUT2D eigenvalue weighted by molar-refractivity contribution is 7.89. The molecule has 1 aromatic carbocycles. The lowest BCUT2D eigenvalue weighted by Gasteiger charge is -2.17. The standard InChI is InChI=1S/C11H14ClFN2O2S/c12-7-3-1-6-10(11(7)13)18(16,17)15-9-5-2-4-8(9)14/h1,3,6,8-9,15H,2,4-5,14H2. The van der Waals surface area contributed by atoms with Crippen LogP contribution in [0.4, 0.5) is 4.39 Å². The van der Waals surface area contributed by atoms with Crippen molar-refractivity contribution < 1.29 is 12.8 Å². The molecule has 0 bridgehead atoms. The Kier molecular flexibility index (Phi) is 3.91. The molecule has 7 heteroatoms. The van der Waals surface area contributed by atoms with Crippen molar-refractivity contribution in [1.82, 2.24) is 4.72 Å². The second-order valence-corrected chi connectivity index (χ2v) is 6.46. The molecule has 2 atom stereocenters. The maximum atomic E-state index is 13.7. The van der Waals surface area contributed by atoms with E-state index in [1.165, 1.54) is 18.2 Å². The molecule has 0 amide bonds. The van der Waals surface area contributed by atoms with Crippen molar-refractivity contribution >= 4 is 21.6 Å². The first kappa shape index (κ1) is 13.7. The van der Waals surface area contributed by atoms with E-state index >= 15 is 0 Å². The lowest BCUT2D eigenvalue weighted by Crippen LogP contribution is -2.44. The molecule has 0 aromatic heterocycles. The molecule has 100 valence electrons. The molecule has 0 heterocycles. The lowest BCUT2D eigenvalue weighted by molar-refractivity contribution is 0.514. The van der Waals surface area contributed by atoms with E-state index in [9.17, 15) is 12.8 Å². The molecule has 2 rings (SSSR count). The van der Waals surface area contributed by atoms with Crippen LogP contribution in [0.3, 0.4) is 0 Å². The van der Waals surface area contributed by atoms with Crippen LogP contribution in [0.2, 0.25) is 5.02 Å². The van der Waals surface area contributed by atoms with Crippen LogP contribution >= 0.6 is 11.6 Å². The fraction of sp³-hybridized carbons (Fsp3) is 0.455. The van der Waals surface area contributed by atoms with Gasteiger partial charge in [0.1, 0.15) is 4.90 Å². The maximum Gasteiger partial charge on any atom is 0.243 e. The van der Waals surface area contributed by atoms with Crippen LogP contribution in [0.15, 0.2) is 23.1 Å². The second kappa shape index (κ2) is 5.13. The molecular weight excluding hydrogens is 279 g/mol. The highest BCUT2D eigenvalue weighted by Crippen LogP contribution is 2.24. The largest absolute Gasteiger partial charge is 0.326 e. The molecule has 0 aliphatic heterocycles. The van der Waals surface area contributed by atoms with Gasteiger partial charge in [-0.1, -0.05) is 24.1 Å². The highest BCUT2D eigenvalue weighted by atomic mass is 35.5. The van der Waals surface area contributed by atoms with Crippen molar-refractivity contribution in [2.24, 2.45) is 5.73 Å². The molecular formula is C11H14ClFN2O2S. The van der Waals surface area contributed by atoms with E-state index in [1.54, 1.807) is 0 Å². The molecule has 1 aliphatic carbocycles. The molecule has 0 radical (unpaired) electrons. The fourth-order valence-electron chi connectivity index (χ4n) is 2.09. The van der Waals surface area contributed by atoms with Crippen LogP contribution in [0.5, 0.6) is 0 Å². The summed E-state index contributed by atoms with van der Waals surface area (Å²) in [5.74, 6) is -0.932. The van der Waals surface area contributed by atoms with Gasteiger partial charge < -0.3 is 5.73 Å². The van der Waals surface area contributed by atoms with Crippen molar-refractivity contribution in [3.63, 3.8) is 0 Å². The molecule has 2 unspecified atom stereocenters. The number of nitrogens with two attached hydrogens (primary N) is 1. The van der Waals surface area contributed by atoms with Crippen molar-refractivity contribution in [1.29, 1.82) is 0 Å². The average molecular weight is 293 g/mol. The first-order valence-electron chi connectivity index (χ1n) is 5.64. The Morgan fingerprint density at radius 3 is 2.72 bits per heavy atom. The summed E-state index contributed by atoms with van der Waals surface area (Å²) in [6, 6.07) is 3.32. The number of hydrogen-bond acceptors (Lipinski definition) is 3. The number of nitrogens with one attached hydrogen (secondary N) is 1. The second-order valence-electron chi connectivity index (χ2n) is 4.37. The molecule has 4 nitrogen and oxygen atoms in total. The Morgan fingerprint density at radius 1 is 1.39 bits per heavy atom. The molecule has 0 spiro atoms. The van der Waals surface area contributed by atoms with E-state index in [0.717, 1.165) is 12.8 Å². The summed E-state index contributed by atoms with van der Waals surface area (Å²) in [4.78, 5) is -0.436. The van der Waals surface area contributed by atoms with E-state index in [1.807, 2.05) is 0 Å². The van der Waals surface area contributed by atoms with Gasteiger partial charge in [-0.2, -0.15) is 0 Å². The predicted molar refractivity (Wildman–Crippen MR) is 67.3 cm³/mol. The predicted octanol–water partition coefficient (Wildman–Crippen LogP) is 1.64. The highest BCUT2D eigenvalue weighted by Gasteiger charge is 2.30. The molecule has 1 aromatic rings. The maximum absolute atomic E-state index is 13.7. The zero-order valence-corrected chi connectivity index (χ0v) is 11.1. The average Bonchev–Trinajstić information content (AvgIpc) is 2.67. The summed E-state index contributed by atoms with van der Waals surface area (Å²) in [7, 11) is -3.92. The Labute approximate surface area is 110 Å². The Morgan fingerprint density at radius 2 is 2.11 bits per heavy atom. The van der Waals surface area contributed by atoms with E-state index in [0.29, 0.717) is 6.42 Å². The third-order valence-electron chi connectivity index (χ3n) is 3.08. The molecule has 0 saturated heterocycles. The third kappa shape index (κ3) is 2.66. The van der Waals surface area contributed by atoms with Gasteiger partial charge in [0.05, 0.1) is 5.02 Å². The van der Waals surface area contributed by atoms with Crippen LogP contribution in [0.1, 0.15) is 19.3 Å². The summed E-state index contributed by atoms with van der Waals surface area (Å²) in [6.07, 6.45) is 2.31. The normalized spacial score (nSPS) is 24.4. The summed E-state index contributed by atoms with van der Waals surface area (Å²) >= 11 is 5.57. The van der Waals surface area contributed by atoms with E-state index in [2.05, 4.69) is 4.72 Å². The van der Waals surface area contributed by atoms with Crippen LogP contribution in [-0.2, 0) is 10.0 Å². The number of halogens is 2.